The molecule has 0 spiro atoms. The van der Waals surface area contributed by atoms with Crippen LogP contribution in [0.5, 0.6) is 5.75 Å². The number of rotatable bonds is 11. The molecule has 1 atom stereocenters. The summed E-state index contributed by atoms with van der Waals surface area (Å²) >= 11 is 12.1. The van der Waals surface area contributed by atoms with E-state index in [0.29, 0.717) is 28.8 Å². The van der Waals surface area contributed by atoms with Crippen molar-refractivity contribution in [3.8, 4) is 5.75 Å². The number of likely N-dealkylation sites (N-methyl/N-ethyl adjacent to an activating group) is 1. The Labute approximate surface area is 205 Å². The van der Waals surface area contributed by atoms with Crippen LogP contribution >= 0.6 is 23.2 Å². The zero-order chi connectivity index (χ0) is 23.8. The summed E-state index contributed by atoms with van der Waals surface area (Å²) in [6.45, 7) is 3.12. The average Bonchev–Trinajstić information content (AvgIpc) is 3.30. The molecule has 3 rings (SSSR count). The molecule has 1 N–H and O–H groups in total. The van der Waals surface area contributed by atoms with Gasteiger partial charge < -0.3 is 19.6 Å². The first-order valence-corrected chi connectivity index (χ1v) is 12.0. The minimum atomic E-state index is -0.833. The van der Waals surface area contributed by atoms with Crippen LogP contribution in [0.25, 0.3) is 0 Å². The summed E-state index contributed by atoms with van der Waals surface area (Å²) in [6.07, 6.45) is 3.08. The number of nitrogens with zero attached hydrogens (tertiary/aromatic N) is 2. The predicted molar refractivity (Wildman–Crippen MR) is 130 cm³/mol. The molecule has 2 aromatic rings. The second-order valence-electron chi connectivity index (χ2n) is 8.37. The number of carbonyl (C=O) groups excluding carboxylic acids is 1. The largest absolute Gasteiger partial charge is 0.494 e. The minimum Gasteiger partial charge on any atom is -0.494 e. The molecule has 0 bridgehead atoms. The molecule has 1 saturated heterocycles. The van der Waals surface area contributed by atoms with Crippen LogP contribution in [0.1, 0.15) is 42.9 Å². The van der Waals surface area contributed by atoms with E-state index in [2.05, 4.69) is 4.90 Å². The Morgan fingerprint density at radius 2 is 1.88 bits per heavy atom. The standard InChI is InChI=1S/C25H30Cl2N2O4/c1-28(24(30)15-18-9-10-21(26)22(27)14-18)23(17-29-11-2-3-12-29)19-6-4-7-20(16-19)33-13-5-8-25(31)32/h4,6-7,9-10,14,16,23H,2-3,5,8,11-13,15,17H2,1H3,(H,31,32)/t23-/m0/s1. The third kappa shape index (κ3) is 7.63. The molecule has 6 nitrogen and oxygen atoms in total. The van der Waals surface area contributed by atoms with Crippen LogP contribution in [0.3, 0.4) is 0 Å². The van der Waals surface area contributed by atoms with Crippen molar-refractivity contribution in [2.24, 2.45) is 0 Å². The summed E-state index contributed by atoms with van der Waals surface area (Å²) in [7, 11) is 1.83. The van der Waals surface area contributed by atoms with Crippen LogP contribution in [0.4, 0.5) is 0 Å². The van der Waals surface area contributed by atoms with E-state index in [9.17, 15) is 9.59 Å². The fourth-order valence-electron chi connectivity index (χ4n) is 4.01. The van der Waals surface area contributed by atoms with Gasteiger partial charge >= 0.3 is 5.97 Å². The number of aliphatic carboxylic acids is 1. The van der Waals surface area contributed by atoms with E-state index in [1.807, 2.05) is 37.4 Å². The number of likely N-dealkylation sites (tertiary alicyclic amines) is 1. The van der Waals surface area contributed by atoms with Gasteiger partial charge in [-0.15, -0.1) is 0 Å². The number of hydrogen-bond donors (Lipinski definition) is 1. The first-order chi connectivity index (χ1) is 15.8. The molecular formula is C25H30Cl2N2O4. The summed E-state index contributed by atoms with van der Waals surface area (Å²) in [5.41, 5.74) is 1.80. The SMILES string of the molecule is CN(C(=O)Cc1ccc(Cl)c(Cl)c1)[C@@H](CN1CCCC1)c1cccc(OCCCC(=O)O)c1. The Kier molecular flexibility index (Phi) is 9.41. The lowest BCUT2D eigenvalue weighted by Crippen LogP contribution is -2.39. The fourth-order valence-corrected chi connectivity index (χ4v) is 4.33. The highest BCUT2D eigenvalue weighted by Gasteiger charge is 2.26. The number of carbonyl (C=O) groups is 2. The fraction of sp³-hybridized carbons (Fsp3) is 0.440. The molecule has 0 radical (unpaired) electrons. The Hall–Kier alpha value is -2.28. The summed E-state index contributed by atoms with van der Waals surface area (Å²) in [4.78, 5) is 28.1. The molecular weight excluding hydrogens is 463 g/mol. The van der Waals surface area contributed by atoms with Gasteiger partial charge in [0, 0.05) is 20.0 Å². The van der Waals surface area contributed by atoms with Gasteiger partial charge in [-0.3, -0.25) is 9.59 Å². The van der Waals surface area contributed by atoms with Crippen molar-refractivity contribution in [1.82, 2.24) is 9.80 Å². The molecule has 1 aliphatic heterocycles. The zero-order valence-electron chi connectivity index (χ0n) is 18.8. The van der Waals surface area contributed by atoms with Crippen LogP contribution in [0, 0.1) is 0 Å². The maximum absolute atomic E-state index is 13.2. The number of hydrogen-bond acceptors (Lipinski definition) is 4. The molecule has 1 amide bonds. The highest BCUT2D eigenvalue weighted by atomic mass is 35.5. The quantitative estimate of drug-likeness (QED) is 0.443. The topological polar surface area (TPSA) is 70.1 Å². The number of carboxylic acids is 1. The van der Waals surface area contributed by atoms with Gasteiger partial charge in [-0.05, 0) is 67.7 Å². The van der Waals surface area contributed by atoms with Crippen molar-refractivity contribution >= 4 is 35.1 Å². The Morgan fingerprint density at radius 1 is 1.12 bits per heavy atom. The first kappa shape index (κ1) is 25.3. The lowest BCUT2D eigenvalue weighted by atomic mass is 10.0. The molecule has 0 aliphatic carbocycles. The van der Waals surface area contributed by atoms with Crippen LogP contribution in [-0.4, -0.2) is 60.1 Å². The molecule has 33 heavy (non-hydrogen) atoms. The van der Waals surface area contributed by atoms with Crippen LogP contribution in [0.15, 0.2) is 42.5 Å². The molecule has 0 aromatic heterocycles. The number of benzene rings is 2. The number of amides is 1. The third-order valence-electron chi connectivity index (χ3n) is 5.88. The van der Waals surface area contributed by atoms with Crippen molar-refractivity contribution in [1.29, 1.82) is 0 Å². The molecule has 178 valence electrons. The van der Waals surface area contributed by atoms with Gasteiger partial charge in [-0.25, -0.2) is 0 Å². The molecule has 0 unspecified atom stereocenters. The molecule has 2 aromatic carbocycles. The lowest BCUT2D eigenvalue weighted by molar-refractivity contribution is -0.137. The Bertz CT molecular complexity index is 963. The van der Waals surface area contributed by atoms with Crippen molar-refractivity contribution in [3.63, 3.8) is 0 Å². The van der Waals surface area contributed by atoms with E-state index in [1.54, 1.807) is 17.0 Å². The van der Waals surface area contributed by atoms with Gasteiger partial charge in [0.1, 0.15) is 5.75 Å². The van der Waals surface area contributed by atoms with Crippen molar-refractivity contribution in [3.05, 3.63) is 63.6 Å². The maximum Gasteiger partial charge on any atom is 0.303 e. The second-order valence-corrected chi connectivity index (χ2v) is 9.19. The molecule has 1 aliphatic rings. The smallest absolute Gasteiger partial charge is 0.303 e. The van der Waals surface area contributed by atoms with E-state index in [1.165, 1.54) is 12.8 Å². The Morgan fingerprint density at radius 3 is 2.58 bits per heavy atom. The highest BCUT2D eigenvalue weighted by molar-refractivity contribution is 6.42. The second kappa shape index (κ2) is 12.3. The van der Waals surface area contributed by atoms with Crippen molar-refractivity contribution in [2.75, 3.05) is 33.3 Å². The normalized spacial score (nSPS) is 14.8. The van der Waals surface area contributed by atoms with Gasteiger partial charge in [0.25, 0.3) is 0 Å². The molecule has 8 heteroatoms. The summed E-state index contributed by atoms with van der Waals surface area (Å²) < 4.78 is 5.77. The van der Waals surface area contributed by atoms with Gasteiger partial charge in [0.15, 0.2) is 0 Å². The molecule has 0 saturated carbocycles. The van der Waals surface area contributed by atoms with Crippen LogP contribution in [0.2, 0.25) is 10.0 Å². The summed E-state index contributed by atoms with van der Waals surface area (Å²) in [5.74, 6) is -0.167. The van der Waals surface area contributed by atoms with Crippen LogP contribution in [-0.2, 0) is 16.0 Å². The number of ether oxygens (including phenoxy) is 1. The lowest BCUT2D eigenvalue weighted by Gasteiger charge is -2.32. The number of carboxylic acid groups (broad SMARTS) is 1. The van der Waals surface area contributed by atoms with Crippen molar-refractivity contribution in [2.45, 2.75) is 38.1 Å². The minimum absolute atomic E-state index is 0.00892. The molecule has 1 heterocycles. The van der Waals surface area contributed by atoms with E-state index < -0.39 is 5.97 Å². The number of halogens is 2. The van der Waals surface area contributed by atoms with E-state index in [0.717, 1.165) is 30.8 Å². The van der Waals surface area contributed by atoms with E-state index in [-0.39, 0.29) is 24.8 Å². The van der Waals surface area contributed by atoms with Gasteiger partial charge in [-0.2, -0.15) is 0 Å². The average molecular weight is 493 g/mol. The van der Waals surface area contributed by atoms with Gasteiger partial charge in [-0.1, -0.05) is 41.4 Å². The third-order valence-corrected chi connectivity index (χ3v) is 6.62. The highest BCUT2D eigenvalue weighted by Crippen LogP contribution is 2.28. The van der Waals surface area contributed by atoms with E-state index >= 15 is 0 Å². The van der Waals surface area contributed by atoms with Crippen molar-refractivity contribution < 1.29 is 19.4 Å². The Balaban J connectivity index is 1.74. The maximum atomic E-state index is 13.2. The molecule has 1 fully saturated rings. The summed E-state index contributed by atoms with van der Waals surface area (Å²) in [5, 5.41) is 9.70. The van der Waals surface area contributed by atoms with Gasteiger partial charge in [0.05, 0.1) is 29.1 Å². The van der Waals surface area contributed by atoms with Gasteiger partial charge in [0.2, 0.25) is 5.91 Å². The zero-order valence-corrected chi connectivity index (χ0v) is 20.3. The summed E-state index contributed by atoms with van der Waals surface area (Å²) in [6, 6.07) is 12.8. The monoisotopic (exact) mass is 492 g/mol. The predicted octanol–water partition coefficient (Wildman–Crippen LogP) is 5.08. The van der Waals surface area contributed by atoms with Crippen LogP contribution < -0.4 is 4.74 Å². The first-order valence-electron chi connectivity index (χ1n) is 11.2. The van der Waals surface area contributed by atoms with E-state index in [4.69, 9.17) is 33.0 Å².